The van der Waals surface area contributed by atoms with Crippen LogP contribution in [0.15, 0.2) is 54.6 Å². The molecule has 0 amide bonds. The van der Waals surface area contributed by atoms with E-state index in [2.05, 4.69) is 64.8 Å². The fourth-order valence-electron chi connectivity index (χ4n) is 4.66. The Bertz CT molecular complexity index is 856. The summed E-state index contributed by atoms with van der Waals surface area (Å²) in [6.07, 6.45) is 6.56. The van der Waals surface area contributed by atoms with E-state index >= 15 is 0 Å². The minimum Gasteiger partial charge on any atom is -0.466 e. The Labute approximate surface area is 179 Å². The first-order valence-electron chi connectivity index (χ1n) is 11.2. The van der Waals surface area contributed by atoms with E-state index in [0.29, 0.717) is 12.6 Å². The van der Waals surface area contributed by atoms with Crippen LogP contribution < -0.4 is 5.32 Å². The second-order valence-electron chi connectivity index (χ2n) is 8.30. The van der Waals surface area contributed by atoms with Gasteiger partial charge < -0.3 is 15.0 Å². The number of hydrogen-bond donors (Lipinski definition) is 1. The third-order valence-electron chi connectivity index (χ3n) is 6.18. The summed E-state index contributed by atoms with van der Waals surface area (Å²) in [4.78, 5) is 13.5. The van der Waals surface area contributed by atoms with E-state index in [4.69, 9.17) is 4.74 Å². The molecule has 1 atom stereocenters. The predicted octanol–water partition coefficient (Wildman–Crippen LogP) is 3.83. The highest BCUT2D eigenvalue weighted by Crippen LogP contribution is 2.33. The van der Waals surface area contributed by atoms with Crippen molar-refractivity contribution in [1.29, 1.82) is 0 Å². The fraction of sp³-hybridized carbons (Fsp3) is 0.423. The first-order valence-corrected chi connectivity index (χ1v) is 11.2. The quantitative estimate of drug-likeness (QED) is 0.743. The Balaban J connectivity index is 1.43. The van der Waals surface area contributed by atoms with Gasteiger partial charge in [-0.1, -0.05) is 54.6 Å². The molecule has 0 spiro atoms. The molecular formula is C26H32N2O2. The number of nitrogens with zero attached hydrogens (tertiary/aromatic N) is 1. The molecule has 1 N–H and O–H groups in total. The SMILES string of the molecule is CC(=O)OCCC1CN(CCC=C2c3ccccc3CCc3ccccc32)CCN1. The van der Waals surface area contributed by atoms with Crippen LogP contribution in [0.5, 0.6) is 0 Å². The van der Waals surface area contributed by atoms with Crippen LogP contribution in [0, 0.1) is 0 Å². The fourth-order valence-corrected chi connectivity index (χ4v) is 4.66. The van der Waals surface area contributed by atoms with Crippen LogP contribution in [0.2, 0.25) is 0 Å². The Kier molecular flexibility index (Phi) is 6.98. The van der Waals surface area contributed by atoms with Gasteiger partial charge in [-0.3, -0.25) is 4.79 Å². The normalized spacial score (nSPS) is 18.8. The highest BCUT2D eigenvalue weighted by molar-refractivity contribution is 5.83. The van der Waals surface area contributed by atoms with Gasteiger partial charge in [-0.25, -0.2) is 0 Å². The van der Waals surface area contributed by atoms with Gasteiger partial charge in [0.1, 0.15) is 0 Å². The van der Waals surface area contributed by atoms with E-state index in [1.165, 1.54) is 34.8 Å². The molecule has 1 aliphatic heterocycles. The first kappa shape index (κ1) is 20.8. The number of aryl methyl sites for hydroxylation is 2. The van der Waals surface area contributed by atoms with Crippen molar-refractivity contribution in [2.75, 3.05) is 32.8 Å². The van der Waals surface area contributed by atoms with Gasteiger partial charge in [0, 0.05) is 39.1 Å². The zero-order valence-corrected chi connectivity index (χ0v) is 17.9. The molecule has 2 aliphatic rings. The van der Waals surface area contributed by atoms with Crippen molar-refractivity contribution in [2.24, 2.45) is 0 Å². The number of nitrogens with one attached hydrogen (secondary N) is 1. The van der Waals surface area contributed by atoms with Gasteiger partial charge in [-0.2, -0.15) is 0 Å². The molecule has 4 nitrogen and oxygen atoms in total. The summed E-state index contributed by atoms with van der Waals surface area (Å²) < 4.78 is 5.11. The first-order chi connectivity index (χ1) is 14.7. The summed E-state index contributed by atoms with van der Waals surface area (Å²) in [6, 6.07) is 18.1. The molecule has 0 saturated carbocycles. The topological polar surface area (TPSA) is 41.6 Å². The lowest BCUT2D eigenvalue weighted by atomic mass is 9.93. The van der Waals surface area contributed by atoms with Crippen LogP contribution in [0.4, 0.5) is 0 Å². The molecule has 1 heterocycles. The van der Waals surface area contributed by atoms with Gasteiger partial charge in [-0.15, -0.1) is 0 Å². The van der Waals surface area contributed by atoms with Crippen LogP contribution in [-0.4, -0.2) is 49.7 Å². The lowest BCUT2D eigenvalue weighted by Crippen LogP contribution is -2.51. The number of hydrogen-bond acceptors (Lipinski definition) is 4. The molecule has 2 aromatic rings. The van der Waals surface area contributed by atoms with Gasteiger partial charge in [0.25, 0.3) is 0 Å². The van der Waals surface area contributed by atoms with E-state index in [-0.39, 0.29) is 5.97 Å². The Morgan fingerprint density at radius 3 is 2.43 bits per heavy atom. The monoisotopic (exact) mass is 404 g/mol. The molecule has 2 aromatic carbocycles. The van der Waals surface area contributed by atoms with E-state index in [9.17, 15) is 4.79 Å². The second kappa shape index (κ2) is 10.1. The summed E-state index contributed by atoms with van der Waals surface area (Å²) in [5, 5.41) is 3.55. The molecule has 0 aromatic heterocycles. The number of piperazine rings is 1. The minimum absolute atomic E-state index is 0.196. The molecule has 1 saturated heterocycles. The maximum absolute atomic E-state index is 11.0. The summed E-state index contributed by atoms with van der Waals surface area (Å²) in [5.41, 5.74) is 7.07. The zero-order chi connectivity index (χ0) is 20.8. The molecule has 1 unspecified atom stereocenters. The molecule has 1 fully saturated rings. The van der Waals surface area contributed by atoms with Gasteiger partial charge in [0.05, 0.1) is 6.61 Å². The third kappa shape index (κ3) is 5.18. The van der Waals surface area contributed by atoms with Crippen molar-refractivity contribution < 1.29 is 9.53 Å². The van der Waals surface area contributed by atoms with Crippen molar-refractivity contribution in [3.05, 3.63) is 76.9 Å². The van der Waals surface area contributed by atoms with Crippen LogP contribution >= 0.6 is 0 Å². The number of benzene rings is 2. The van der Waals surface area contributed by atoms with Gasteiger partial charge in [-0.05, 0) is 53.5 Å². The Hall–Kier alpha value is -2.43. The minimum atomic E-state index is -0.196. The number of ether oxygens (including phenoxy) is 1. The van der Waals surface area contributed by atoms with Crippen molar-refractivity contribution in [3.8, 4) is 0 Å². The van der Waals surface area contributed by atoms with Crippen molar-refractivity contribution in [2.45, 2.75) is 38.6 Å². The number of carbonyl (C=O) groups is 1. The highest BCUT2D eigenvalue weighted by atomic mass is 16.5. The molecule has 0 radical (unpaired) electrons. The summed E-state index contributed by atoms with van der Waals surface area (Å²) in [5.74, 6) is -0.196. The van der Waals surface area contributed by atoms with Crippen molar-refractivity contribution in [1.82, 2.24) is 10.2 Å². The molecule has 1 aliphatic carbocycles. The predicted molar refractivity (Wildman–Crippen MR) is 121 cm³/mol. The second-order valence-corrected chi connectivity index (χ2v) is 8.30. The van der Waals surface area contributed by atoms with Crippen LogP contribution in [0.3, 0.4) is 0 Å². The lowest BCUT2D eigenvalue weighted by molar-refractivity contribution is -0.141. The van der Waals surface area contributed by atoms with Crippen molar-refractivity contribution >= 4 is 11.5 Å². The van der Waals surface area contributed by atoms with E-state index in [0.717, 1.165) is 51.9 Å². The van der Waals surface area contributed by atoms with Crippen molar-refractivity contribution in [3.63, 3.8) is 0 Å². The third-order valence-corrected chi connectivity index (χ3v) is 6.18. The smallest absolute Gasteiger partial charge is 0.302 e. The standard InChI is InChI=1S/C26H32N2O2/c1-20(29)30-18-14-23-19-28(17-15-27-23)16-6-11-26-24-9-4-2-7-21(24)12-13-22-8-3-5-10-25(22)26/h2-5,7-11,23,27H,6,12-19H2,1H3. The van der Waals surface area contributed by atoms with Crippen LogP contribution in [0.25, 0.3) is 5.57 Å². The average molecular weight is 405 g/mol. The van der Waals surface area contributed by atoms with Crippen LogP contribution in [-0.2, 0) is 22.4 Å². The Morgan fingerprint density at radius 2 is 1.77 bits per heavy atom. The summed E-state index contributed by atoms with van der Waals surface area (Å²) in [6.45, 7) is 6.10. The molecule has 4 rings (SSSR count). The van der Waals surface area contributed by atoms with Crippen LogP contribution in [0.1, 0.15) is 42.0 Å². The van der Waals surface area contributed by atoms with E-state index < -0.39 is 0 Å². The summed E-state index contributed by atoms with van der Waals surface area (Å²) in [7, 11) is 0. The molecular weight excluding hydrogens is 372 g/mol. The number of fused-ring (bicyclic) bond motifs is 2. The van der Waals surface area contributed by atoms with Gasteiger partial charge in [0.15, 0.2) is 0 Å². The van der Waals surface area contributed by atoms with E-state index in [1.807, 2.05) is 0 Å². The van der Waals surface area contributed by atoms with E-state index in [1.54, 1.807) is 0 Å². The number of carbonyl (C=O) groups excluding carboxylic acids is 1. The molecule has 158 valence electrons. The highest BCUT2D eigenvalue weighted by Gasteiger charge is 2.20. The molecule has 4 heteroatoms. The number of rotatable bonds is 6. The largest absolute Gasteiger partial charge is 0.466 e. The average Bonchev–Trinajstić information content (AvgIpc) is 2.91. The summed E-state index contributed by atoms with van der Waals surface area (Å²) >= 11 is 0. The number of esters is 1. The van der Waals surface area contributed by atoms with Gasteiger partial charge >= 0.3 is 5.97 Å². The lowest BCUT2D eigenvalue weighted by Gasteiger charge is -2.33. The zero-order valence-electron chi connectivity index (χ0n) is 17.9. The maximum Gasteiger partial charge on any atom is 0.302 e. The maximum atomic E-state index is 11.0. The molecule has 0 bridgehead atoms. The molecule has 30 heavy (non-hydrogen) atoms. The van der Waals surface area contributed by atoms with Gasteiger partial charge in [0.2, 0.25) is 0 Å². The Morgan fingerprint density at radius 1 is 1.10 bits per heavy atom.